The van der Waals surface area contributed by atoms with Crippen LogP contribution in [0.3, 0.4) is 0 Å². The Bertz CT molecular complexity index is 1240. The summed E-state index contributed by atoms with van der Waals surface area (Å²) in [7, 11) is 0. The van der Waals surface area contributed by atoms with Crippen LogP contribution in [0.25, 0.3) is 11.1 Å². The Morgan fingerprint density at radius 3 is 2.38 bits per heavy atom. The average molecular weight is 379 g/mol. The molecule has 0 unspecified atom stereocenters. The molecule has 5 rings (SSSR count). The normalized spacial score (nSPS) is 11.8. The van der Waals surface area contributed by atoms with Crippen molar-refractivity contribution in [2.24, 2.45) is 0 Å². The summed E-state index contributed by atoms with van der Waals surface area (Å²) in [5.41, 5.74) is 4.96. The summed E-state index contributed by atoms with van der Waals surface area (Å²) in [4.78, 5) is 25.9. The molecule has 1 aromatic heterocycles. The molecule has 5 heteroatoms. The highest BCUT2D eigenvalue weighted by Crippen LogP contribution is 2.40. The van der Waals surface area contributed by atoms with Gasteiger partial charge in [0.05, 0.1) is 17.8 Å². The maximum atomic E-state index is 13.0. The number of fused-ring (bicyclic) bond motifs is 3. The van der Waals surface area contributed by atoms with Gasteiger partial charge in [0.1, 0.15) is 5.69 Å². The molecule has 1 aliphatic carbocycles. The second kappa shape index (κ2) is 6.87. The molecule has 0 fully saturated rings. The monoisotopic (exact) mass is 379 g/mol. The largest absolute Gasteiger partial charge is 0.320 e. The summed E-state index contributed by atoms with van der Waals surface area (Å²) in [6.45, 7) is 0.494. The molecule has 0 saturated heterocycles. The molecular formula is C24H17N3O2. The molecule has 140 valence electrons. The number of carbonyl (C=O) groups is 2. The molecule has 0 saturated carbocycles. The van der Waals surface area contributed by atoms with E-state index in [1.807, 2.05) is 66.7 Å². The van der Waals surface area contributed by atoms with E-state index in [-0.39, 0.29) is 11.7 Å². The number of nitrogens with zero attached hydrogens (tertiary/aromatic N) is 2. The molecular weight excluding hydrogens is 362 g/mol. The number of amides is 1. The number of aromatic nitrogens is 2. The van der Waals surface area contributed by atoms with E-state index in [2.05, 4.69) is 10.4 Å². The number of ketones is 1. The van der Waals surface area contributed by atoms with Crippen molar-refractivity contribution in [2.75, 3.05) is 5.32 Å². The zero-order valence-corrected chi connectivity index (χ0v) is 15.5. The van der Waals surface area contributed by atoms with Crippen LogP contribution in [0, 0.1) is 0 Å². The number of hydrogen-bond acceptors (Lipinski definition) is 3. The topological polar surface area (TPSA) is 64.0 Å². The highest BCUT2D eigenvalue weighted by atomic mass is 16.2. The molecule has 3 aromatic carbocycles. The van der Waals surface area contributed by atoms with E-state index in [1.54, 1.807) is 23.0 Å². The van der Waals surface area contributed by atoms with Crippen LogP contribution in [-0.2, 0) is 6.54 Å². The van der Waals surface area contributed by atoms with Gasteiger partial charge in [-0.2, -0.15) is 5.10 Å². The summed E-state index contributed by atoms with van der Waals surface area (Å²) >= 11 is 0. The molecule has 1 aliphatic rings. The van der Waals surface area contributed by atoms with Gasteiger partial charge < -0.3 is 5.32 Å². The molecule has 1 amide bonds. The van der Waals surface area contributed by atoms with Crippen molar-refractivity contribution in [3.05, 3.63) is 107 Å². The molecule has 4 aromatic rings. The third-order valence-corrected chi connectivity index (χ3v) is 5.13. The minimum atomic E-state index is -0.296. The van der Waals surface area contributed by atoms with E-state index in [9.17, 15) is 9.59 Å². The summed E-state index contributed by atoms with van der Waals surface area (Å²) < 4.78 is 1.66. The second-order valence-corrected chi connectivity index (χ2v) is 6.92. The van der Waals surface area contributed by atoms with Crippen LogP contribution in [0.15, 0.2) is 85.1 Å². The van der Waals surface area contributed by atoms with Gasteiger partial charge in [0, 0.05) is 11.8 Å². The maximum absolute atomic E-state index is 13.0. The van der Waals surface area contributed by atoms with Crippen molar-refractivity contribution in [2.45, 2.75) is 6.54 Å². The maximum Gasteiger partial charge on any atom is 0.273 e. The molecule has 0 aliphatic heterocycles. The van der Waals surface area contributed by atoms with Crippen LogP contribution in [0.1, 0.15) is 32.0 Å². The fraction of sp³-hybridized carbons (Fsp3) is 0.0417. The SMILES string of the molecule is O=C1c2ccccc2-c2cccc(NC(=O)c3ccnn3Cc3ccccc3)c21. The van der Waals surface area contributed by atoms with E-state index in [1.165, 1.54) is 0 Å². The van der Waals surface area contributed by atoms with E-state index >= 15 is 0 Å². The Morgan fingerprint density at radius 2 is 1.55 bits per heavy atom. The third kappa shape index (κ3) is 2.93. The summed E-state index contributed by atoms with van der Waals surface area (Å²) in [6, 6.07) is 24.5. The van der Waals surface area contributed by atoms with Gasteiger partial charge in [0.2, 0.25) is 0 Å². The first-order valence-electron chi connectivity index (χ1n) is 9.36. The van der Waals surface area contributed by atoms with E-state index < -0.39 is 0 Å². The molecule has 1 N–H and O–H groups in total. The first kappa shape index (κ1) is 17.1. The van der Waals surface area contributed by atoms with Crippen LogP contribution >= 0.6 is 0 Å². The van der Waals surface area contributed by atoms with Gasteiger partial charge in [-0.15, -0.1) is 0 Å². The molecule has 0 atom stereocenters. The number of carbonyl (C=O) groups excluding carboxylic acids is 2. The Balaban J connectivity index is 1.46. The van der Waals surface area contributed by atoms with Crippen molar-refractivity contribution in [1.29, 1.82) is 0 Å². The summed E-state index contributed by atoms with van der Waals surface area (Å²) in [6.07, 6.45) is 1.61. The Labute approximate surface area is 167 Å². The van der Waals surface area contributed by atoms with Gasteiger partial charge >= 0.3 is 0 Å². The average Bonchev–Trinajstić information content (AvgIpc) is 3.33. The van der Waals surface area contributed by atoms with Crippen molar-refractivity contribution in [3.63, 3.8) is 0 Å². The highest BCUT2D eigenvalue weighted by molar-refractivity contribution is 6.25. The van der Waals surface area contributed by atoms with Gasteiger partial charge in [-0.1, -0.05) is 66.7 Å². The van der Waals surface area contributed by atoms with Crippen molar-refractivity contribution >= 4 is 17.4 Å². The standard InChI is InChI=1S/C24H17N3O2/c28-23-19-10-5-4-9-17(19)18-11-6-12-20(22(18)23)26-24(29)21-13-14-25-27(21)15-16-7-2-1-3-8-16/h1-14H,15H2,(H,26,29). The number of nitrogens with one attached hydrogen (secondary N) is 1. The highest BCUT2D eigenvalue weighted by Gasteiger charge is 2.29. The van der Waals surface area contributed by atoms with Crippen molar-refractivity contribution in [1.82, 2.24) is 9.78 Å². The van der Waals surface area contributed by atoms with Crippen LogP contribution < -0.4 is 5.32 Å². The van der Waals surface area contributed by atoms with E-state index in [4.69, 9.17) is 0 Å². The molecule has 29 heavy (non-hydrogen) atoms. The molecule has 1 heterocycles. The Kier molecular flexibility index (Phi) is 4.06. The molecule has 0 spiro atoms. The van der Waals surface area contributed by atoms with Gasteiger partial charge in [0.15, 0.2) is 5.78 Å². The zero-order valence-electron chi connectivity index (χ0n) is 15.5. The van der Waals surface area contributed by atoms with Gasteiger partial charge in [-0.05, 0) is 28.8 Å². The predicted molar refractivity (Wildman–Crippen MR) is 111 cm³/mol. The summed E-state index contributed by atoms with van der Waals surface area (Å²) in [5.74, 6) is -0.361. The van der Waals surface area contributed by atoms with Gasteiger partial charge in [-0.3, -0.25) is 14.3 Å². The minimum Gasteiger partial charge on any atom is -0.320 e. The Hall–Kier alpha value is -3.99. The lowest BCUT2D eigenvalue weighted by Gasteiger charge is -2.11. The lowest BCUT2D eigenvalue weighted by molar-refractivity contribution is 0.101. The smallest absolute Gasteiger partial charge is 0.273 e. The second-order valence-electron chi connectivity index (χ2n) is 6.92. The van der Waals surface area contributed by atoms with Crippen molar-refractivity contribution < 1.29 is 9.59 Å². The Morgan fingerprint density at radius 1 is 0.828 bits per heavy atom. The first-order valence-corrected chi connectivity index (χ1v) is 9.36. The van der Waals surface area contributed by atoms with Gasteiger partial charge in [0.25, 0.3) is 5.91 Å². The molecule has 0 radical (unpaired) electrons. The fourth-order valence-corrected chi connectivity index (χ4v) is 3.77. The van der Waals surface area contributed by atoms with Crippen LogP contribution in [0.4, 0.5) is 5.69 Å². The van der Waals surface area contributed by atoms with Crippen molar-refractivity contribution in [3.8, 4) is 11.1 Å². The van der Waals surface area contributed by atoms with Crippen LogP contribution in [0.2, 0.25) is 0 Å². The van der Waals surface area contributed by atoms with E-state index in [0.29, 0.717) is 29.1 Å². The van der Waals surface area contributed by atoms with Gasteiger partial charge in [-0.25, -0.2) is 0 Å². The summed E-state index contributed by atoms with van der Waals surface area (Å²) in [5, 5.41) is 7.20. The lowest BCUT2D eigenvalue weighted by Crippen LogP contribution is -2.19. The molecule has 5 nitrogen and oxygen atoms in total. The number of anilines is 1. The third-order valence-electron chi connectivity index (χ3n) is 5.13. The number of rotatable bonds is 4. The number of hydrogen-bond donors (Lipinski definition) is 1. The van der Waals surface area contributed by atoms with Crippen LogP contribution in [-0.4, -0.2) is 21.5 Å². The first-order chi connectivity index (χ1) is 14.2. The quantitative estimate of drug-likeness (QED) is 0.504. The number of benzene rings is 3. The van der Waals surface area contributed by atoms with Crippen LogP contribution in [0.5, 0.6) is 0 Å². The minimum absolute atomic E-state index is 0.0655. The predicted octanol–water partition coefficient (Wildman–Crippen LogP) is 4.40. The zero-order chi connectivity index (χ0) is 19.8. The lowest BCUT2D eigenvalue weighted by atomic mass is 10.0. The molecule has 0 bridgehead atoms. The van der Waals surface area contributed by atoms with E-state index in [0.717, 1.165) is 16.7 Å². The fourth-order valence-electron chi connectivity index (χ4n) is 3.77.